The Morgan fingerprint density at radius 3 is 2.70 bits per heavy atom. The Morgan fingerprint density at radius 1 is 1.48 bits per heavy atom. The molecule has 0 aliphatic carbocycles. The van der Waals surface area contributed by atoms with E-state index in [4.69, 9.17) is 30.0 Å². The minimum atomic E-state index is -3.69. The van der Waals surface area contributed by atoms with E-state index in [1.807, 2.05) is 0 Å². The van der Waals surface area contributed by atoms with E-state index in [-0.39, 0.29) is 12.4 Å². The van der Waals surface area contributed by atoms with E-state index in [0.717, 1.165) is 11.8 Å². The monoisotopic (exact) mass is 456 g/mol. The molecule has 0 saturated carbocycles. The number of carbonyl (C=O) groups excluding carboxylic acids is 1. The van der Waals surface area contributed by atoms with Crippen LogP contribution in [0.1, 0.15) is 46.7 Å². The number of ether oxygens (including phenoxy) is 1. The van der Waals surface area contributed by atoms with Gasteiger partial charge in [0.2, 0.25) is 5.91 Å². The summed E-state index contributed by atoms with van der Waals surface area (Å²) in [4.78, 5) is 13.4. The molecule has 2 aliphatic heterocycles. The molecule has 10 heteroatoms. The van der Waals surface area contributed by atoms with Crippen LogP contribution in [0.2, 0.25) is 0 Å². The molecule has 5 N–H and O–H groups in total. The number of halogens is 2. The second kappa shape index (κ2) is 11.4. The minimum absolute atomic E-state index is 0. The third kappa shape index (κ3) is 6.09. The summed E-state index contributed by atoms with van der Waals surface area (Å²) >= 11 is 7.16. The van der Waals surface area contributed by atoms with Crippen molar-refractivity contribution in [3.05, 3.63) is 0 Å². The van der Waals surface area contributed by atoms with E-state index in [2.05, 4.69) is 5.32 Å². The van der Waals surface area contributed by atoms with Crippen LogP contribution in [-0.2, 0) is 9.53 Å². The van der Waals surface area contributed by atoms with Crippen LogP contribution in [0.3, 0.4) is 0 Å². The summed E-state index contributed by atoms with van der Waals surface area (Å²) in [5.41, 5.74) is -1.07. The predicted octanol–water partition coefficient (Wildman–Crippen LogP) is 0.469. The minimum Gasteiger partial charge on any atom is -0.388 e. The van der Waals surface area contributed by atoms with Crippen LogP contribution < -0.4 is 10.6 Å². The molecular formula is C17H32Cl2N2O5S. The average molecular weight is 457 g/mol. The van der Waals surface area contributed by atoms with Gasteiger partial charge in [-0.2, -0.15) is 0 Å². The number of amides is 1. The van der Waals surface area contributed by atoms with Gasteiger partial charge in [-0.15, -0.1) is 35.8 Å². The molecule has 9 atom stereocenters. The van der Waals surface area contributed by atoms with Gasteiger partial charge in [-0.3, -0.25) is 4.79 Å². The molecular weight excluding hydrogens is 415 g/mol. The summed E-state index contributed by atoms with van der Waals surface area (Å²) < 4.78 is 87.9. The van der Waals surface area contributed by atoms with Crippen molar-refractivity contribution in [3.8, 4) is 0 Å². The molecule has 7 nitrogen and oxygen atoms in total. The Morgan fingerprint density at radius 2 is 2.15 bits per heavy atom. The maximum absolute atomic E-state index is 13.4. The van der Waals surface area contributed by atoms with E-state index >= 15 is 0 Å². The van der Waals surface area contributed by atoms with Gasteiger partial charge in [0.15, 0.2) is 0 Å². The highest BCUT2D eigenvalue weighted by Crippen LogP contribution is 2.30. The zero-order valence-electron chi connectivity index (χ0n) is 24.9. The number of aliphatic hydroxyl groups is 3. The fourth-order valence-corrected chi connectivity index (χ4v) is 3.52. The van der Waals surface area contributed by atoms with Gasteiger partial charge >= 0.3 is 0 Å². The first-order valence-corrected chi connectivity index (χ1v) is 9.65. The molecule has 2 heterocycles. The number of nitrogens with one attached hydrogen (secondary N) is 2. The van der Waals surface area contributed by atoms with Gasteiger partial charge in [0.25, 0.3) is 0 Å². The highest BCUT2D eigenvalue weighted by molar-refractivity contribution is 7.99. The zero-order valence-corrected chi connectivity index (χ0v) is 17.3. The molecule has 0 radical (unpaired) electrons. The molecule has 0 aromatic rings. The number of hydrogen-bond donors (Lipinski definition) is 5. The van der Waals surface area contributed by atoms with Gasteiger partial charge in [0, 0.05) is 12.3 Å². The van der Waals surface area contributed by atoms with E-state index in [1.54, 1.807) is 5.32 Å². The number of piperidine rings is 1. The fourth-order valence-electron chi connectivity index (χ4n) is 2.63. The van der Waals surface area contributed by atoms with E-state index < -0.39 is 84.7 Å². The van der Waals surface area contributed by atoms with Crippen LogP contribution in [0, 0.1) is 5.89 Å². The van der Waals surface area contributed by atoms with Gasteiger partial charge in [-0.1, -0.05) is 13.3 Å². The molecule has 0 spiro atoms. The number of alkyl halides is 1. The first-order valence-electron chi connectivity index (χ1n) is 12.9. The maximum Gasteiger partial charge on any atom is 0.237 e. The van der Waals surface area contributed by atoms with Crippen molar-refractivity contribution in [3.63, 3.8) is 0 Å². The van der Waals surface area contributed by atoms with E-state index in [9.17, 15) is 20.1 Å². The van der Waals surface area contributed by atoms with E-state index in [1.165, 1.54) is 13.2 Å². The van der Waals surface area contributed by atoms with Crippen molar-refractivity contribution in [2.45, 2.75) is 80.3 Å². The lowest BCUT2D eigenvalue weighted by Crippen LogP contribution is -2.65. The molecule has 0 unspecified atom stereocenters. The largest absolute Gasteiger partial charge is 0.388 e. The summed E-state index contributed by atoms with van der Waals surface area (Å²) in [6.07, 6.45) is -15.3. The number of aliphatic hydroxyl groups excluding tert-OH is 3. The number of thioether (sulfide) groups is 1. The summed E-state index contributed by atoms with van der Waals surface area (Å²) in [6.45, 7) is -1.44. The summed E-state index contributed by atoms with van der Waals surface area (Å²) in [5.74, 6) is -5.27. The Kier molecular flexibility index (Phi) is 5.70. The quantitative estimate of drug-likeness (QED) is 0.369. The van der Waals surface area contributed by atoms with Crippen molar-refractivity contribution in [2.75, 3.05) is 12.8 Å². The van der Waals surface area contributed by atoms with Crippen molar-refractivity contribution in [1.82, 2.24) is 10.6 Å². The summed E-state index contributed by atoms with van der Waals surface area (Å²) in [6, 6.07) is -4.94. The Labute approximate surface area is 190 Å². The second-order valence-corrected chi connectivity index (χ2v) is 7.48. The lowest BCUT2D eigenvalue weighted by Gasteiger charge is -2.44. The highest BCUT2D eigenvalue weighted by Gasteiger charge is 2.48. The van der Waals surface area contributed by atoms with E-state index in [0.29, 0.717) is 6.92 Å². The normalized spacial score (nSPS) is 56.2. The van der Waals surface area contributed by atoms with Crippen LogP contribution in [0.15, 0.2) is 0 Å². The maximum atomic E-state index is 13.4. The van der Waals surface area contributed by atoms with Crippen molar-refractivity contribution >= 4 is 41.7 Å². The van der Waals surface area contributed by atoms with Crippen molar-refractivity contribution in [2.24, 2.45) is 5.89 Å². The average Bonchev–Trinajstić information content (AvgIpc) is 2.73. The molecule has 2 fully saturated rings. The van der Waals surface area contributed by atoms with Crippen LogP contribution in [0.4, 0.5) is 0 Å². The number of carbonyl (C=O) groups is 1. The van der Waals surface area contributed by atoms with Gasteiger partial charge in [-0.25, -0.2) is 0 Å². The predicted molar refractivity (Wildman–Crippen MR) is 109 cm³/mol. The van der Waals surface area contributed by atoms with Crippen LogP contribution >= 0.6 is 35.8 Å². The lowest BCUT2D eigenvalue weighted by atomic mass is 9.89. The zero-order chi connectivity index (χ0) is 28.4. The molecule has 0 aromatic carbocycles. The molecule has 0 aromatic heterocycles. The molecule has 2 saturated heterocycles. The molecule has 2 rings (SSSR count). The molecule has 0 bridgehead atoms. The third-order valence-corrected chi connectivity index (χ3v) is 5.21. The van der Waals surface area contributed by atoms with Gasteiger partial charge in [0.1, 0.15) is 29.9 Å². The molecule has 27 heavy (non-hydrogen) atoms. The topological polar surface area (TPSA) is 111 Å². The van der Waals surface area contributed by atoms with Gasteiger partial charge in [0.05, 0.1) is 18.8 Å². The number of rotatable bonds is 6. The van der Waals surface area contributed by atoms with Crippen LogP contribution in [0.25, 0.3) is 0 Å². The summed E-state index contributed by atoms with van der Waals surface area (Å²) in [5, 5.41) is 33.6. The van der Waals surface area contributed by atoms with Gasteiger partial charge in [-0.05, 0) is 38.3 Å². The highest BCUT2D eigenvalue weighted by atomic mass is 35.5. The molecule has 2 aliphatic rings. The Bertz CT molecular complexity index is 858. The first kappa shape index (κ1) is 13.5. The molecule has 160 valence electrons. The Hall–Kier alpha value is 0.200. The van der Waals surface area contributed by atoms with Crippen molar-refractivity contribution in [1.29, 1.82) is 0 Å². The third-order valence-electron chi connectivity index (χ3n) is 4.09. The second-order valence-electron chi connectivity index (χ2n) is 5.85. The lowest BCUT2D eigenvalue weighted by molar-refractivity contribution is -0.205. The number of hydrogen-bond acceptors (Lipinski definition) is 7. The Balaban J connectivity index is 0.00000684. The SMILES string of the molecule is Cl.[2H]C1([2H])N[C@]([2H])(C(=O)N[C@@H]([C@H]2O[C@H](SC)[C@H](O)[C@@H](O)[C@H]2O)[C@@H](C)Cl)C([2H])([2H])[C@]([2H])(C([2H])([2H])C)C1([2H])[2H]. The van der Waals surface area contributed by atoms with Crippen molar-refractivity contribution < 1.29 is 38.6 Å². The fraction of sp³-hybridized carbons (Fsp3) is 0.941. The van der Waals surface area contributed by atoms with Crippen LogP contribution in [-0.4, -0.2) is 81.3 Å². The molecule has 1 amide bonds. The first-order chi connectivity index (χ1) is 16.0. The van der Waals surface area contributed by atoms with Crippen LogP contribution in [0.5, 0.6) is 0 Å². The van der Waals surface area contributed by atoms with Gasteiger partial charge < -0.3 is 30.7 Å². The smallest absolute Gasteiger partial charge is 0.237 e. The standard InChI is InChI=1S/C17H31ClN2O5S.ClH/c1-4-9-5-6-19-10(7-9)16(24)20-11(8(2)18)15-13(22)12(21)14(23)17(25-15)26-3;/h8-15,17,19,21-23H,4-7H2,1-3H3,(H,20,24);1H/t8-,9-,10+,11-,12+,13-,14-,15-,17-;/m1./s1/i4D2,5D2,6D2,7D2,9D,10D;. The summed E-state index contributed by atoms with van der Waals surface area (Å²) in [7, 11) is 0.